The van der Waals surface area contributed by atoms with Crippen LogP contribution in [0.5, 0.6) is 6.01 Å². The molecule has 16 heavy (non-hydrogen) atoms. The first-order chi connectivity index (χ1) is 7.52. The number of nitrogens with zero attached hydrogens (tertiary/aromatic N) is 2. The van der Waals surface area contributed by atoms with Gasteiger partial charge in [0.15, 0.2) is 0 Å². The zero-order valence-electron chi connectivity index (χ0n) is 7.81. The smallest absolute Gasteiger partial charge is 0.424 e. The molecule has 7 nitrogen and oxygen atoms in total. The second-order valence-corrected chi connectivity index (χ2v) is 2.82. The van der Waals surface area contributed by atoms with Crippen LogP contribution in [-0.2, 0) is 0 Å². The molecule has 0 atom stereocenters. The van der Waals surface area contributed by atoms with E-state index in [0.29, 0.717) is 0 Å². The van der Waals surface area contributed by atoms with Crippen molar-refractivity contribution in [3.8, 4) is 6.01 Å². The first-order valence-corrected chi connectivity index (χ1v) is 4.27. The van der Waals surface area contributed by atoms with Crippen molar-refractivity contribution in [2.75, 3.05) is 0 Å². The maximum Gasteiger partial charge on any atom is 0.424 e. The molecule has 8 heteroatoms. The van der Waals surface area contributed by atoms with Crippen LogP contribution in [0.15, 0.2) is 12.8 Å². The van der Waals surface area contributed by atoms with E-state index in [2.05, 4.69) is 21.3 Å². The number of aromatic nitrogens is 2. The summed E-state index contributed by atoms with van der Waals surface area (Å²) in [7, 11) is 0. The van der Waals surface area contributed by atoms with Gasteiger partial charge in [0.1, 0.15) is 0 Å². The van der Waals surface area contributed by atoms with Crippen molar-refractivity contribution in [2.45, 2.75) is 0 Å². The normalized spacial score (nSPS) is 9.31. The largest absolute Gasteiger partial charge is 0.465 e. The maximum absolute atomic E-state index is 10.9. The molecular weight excluding hydrogens is 238 g/mol. The first-order valence-electron chi connectivity index (χ1n) is 3.89. The number of rotatable bonds is 2. The van der Waals surface area contributed by atoms with Crippen molar-refractivity contribution in [3.05, 3.63) is 23.5 Å². The Morgan fingerprint density at radius 2 is 2.31 bits per heavy atom. The highest BCUT2D eigenvalue weighted by Crippen LogP contribution is 2.15. The number of ether oxygens (including phenoxy) is 1. The molecule has 0 radical (unpaired) electrons. The number of carboxylic acid groups (broad SMARTS) is 1. The van der Waals surface area contributed by atoms with Gasteiger partial charge >= 0.3 is 18.2 Å². The molecule has 2 amide bonds. The zero-order chi connectivity index (χ0) is 12.1. The molecular formula is C8H6ClN3O4. The molecule has 0 aliphatic heterocycles. The van der Waals surface area contributed by atoms with E-state index in [4.69, 9.17) is 16.7 Å². The molecule has 0 aliphatic carbocycles. The number of carbonyl (C=O) groups excluding carboxylic acids is 1. The molecule has 0 saturated carbocycles. The molecule has 2 N–H and O–H groups in total. The van der Waals surface area contributed by atoms with Crippen LogP contribution >= 0.6 is 11.6 Å². The monoisotopic (exact) mass is 243 g/mol. The lowest BCUT2D eigenvalue weighted by atomic mass is 10.4. The van der Waals surface area contributed by atoms with Crippen LogP contribution in [0.4, 0.5) is 9.59 Å². The molecule has 1 heterocycles. The lowest BCUT2D eigenvalue weighted by Gasteiger charge is -2.02. The summed E-state index contributed by atoms with van der Waals surface area (Å²) in [5.74, 6) is 0. The summed E-state index contributed by atoms with van der Waals surface area (Å²) in [6.07, 6.45) is -0.200. The van der Waals surface area contributed by atoms with Gasteiger partial charge in [-0.05, 0) is 6.08 Å². The lowest BCUT2D eigenvalue weighted by Crippen LogP contribution is -2.31. The molecule has 84 valence electrons. The van der Waals surface area contributed by atoms with Gasteiger partial charge in [0, 0.05) is 0 Å². The molecule has 0 saturated heterocycles. The van der Waals surface area contributed by atoms with E-state index >= 15 is 0 Å². The van der Waals surface area contributed by atoms with Crippen molar-refractivity contribution in [2.24, 2.45) is 0 Å². The van der Waals surface area contributed by atoms with Crippen LogP contribution in [0.3, 0.4) is 0 Å². The van der Waals surface area contributed by atoms with Gasteiger partial charge in [-0.2, -0.15) is 4.98 Å². The number of carbonyl (C=O) groups is 2. The molecule has 1 aromatic heterocycles. The number of hydrogen-bond donors (Lipinski definition) is 2. The summed E-state index contributed by atoms with van der Waals surface area (Å²) in [5.41, 5.74) is 0.273. The van der Waals surface area contributed by atoms with E-state index in [1.165, 1.54) is 17.6 Å². The standard InChI is InChI=1S/C8H6ClN3O4/c1-2-5-4(9)3-10-6(11-5)16-8(15)12-7(13)14/h2-3H,1H2,(H,12,15)(H,13,14). The molecule has 1 rings (SSSR count). The highest BCUT2D eigenvalue weighted by molar-refractivity contribution is 6.31. The van der Waals surface area contributed by atoms with E-state index in [9.17, 15) is 9.59 Å². The Morgan fingerprint density at radius 1 is 1.62 bits per heavy atom. The Labute approximate surface area is 94.7 Å². The highest BCUT2D eigenvalue weighted by Gasteiger charge is 2.11. The third-order valence-corrected chi connectivity index (χ3v) is 1.63. The fourth-order valence-corrected chi connectivity index (χ4v) is 0.920. The fraction of sp³-hybridized carbons (Fsp3) is 0. The third-order valence-electron chi connectivity index (χ3n) is 1.34. The van der Waals surface area contributed by atoms with E-state index < -0.39 is 12.2 Å². The van der Waals surface area contributed by atoms with Gasteiger partial charge in [0.05, 0.1) is 16.9 Å². The van der Waals surface area contributed by atoms with E-state index in [1.807, 2.05) is 0 Å². The Morgan fingerprint density at radius 3 is 2.88 bits per heavy atom. The third kappa shape index (κ3) is 3.21. The minimum Gasteiger partial charge on any atom is -0.465 e. The Balaban J connectivity index is 2.78. The number of imide groups is 1. The van der Waals surface area contributed by atoms with Crippen LogP contribution in [0.25, 0.3) is 6.08 Å². The van der Waals surface area contributed by atoms with E-state index in [0.717, 1.165) is 0 Å². The van der Waals surface area contributed by atoms with Crippen molar-refractivity contribution in [1.82, 2.24) is 15.3 Å². The summed E-state index contributed by atoms with van der Waals surface area (Å²) in [5, 5.41) is 9.91. The van der Waals surface area contributed by atoms with Crippen molar-refractivity contribution < 1.29 is 19.4 Å². The molecule has 1 aromatic rings. The number of halogens is 1. The van der Waals surface area contributed by atoms with E-state index in [-0.39, 0.29) is 16.7 Å². The van der Waals surface area contributed by atoms with Crippen LogP contribution in [0.2, 0.25) is 5.02 Å². The second-order valence-electron chi connectivity index (χ2n) is 2.41. The van der Waals surface area contributed by atoms with Crippen LogP contribution < -0.4 is 10.1 Å². The van der Waals surface area contributed by atoms with Crippen molar-refractivity contribution in [3.63, 3.8) is 0 Å². The van der Waals surface area contributed by atoms with Gasteiger partial charge in [0.25, 0.3) is 0 Å². The van der Waals surface area contributed by atoms with Gasteiger partial charge in [0.2, 0.25) is 0 Å². The first kappa shape index (κ1) is 11.9. The van der Waals surface area contributed by atoms with Crippen molar-refractivity contribution >= 4 is 29.9 Å². The Hall–Kier alpha value is -2.15. The minimum absolute atomic E-state index is 0.237. The Kier molecular flexibility index (Phi) is 3.78. The van der Waals surface area contributed by atoms with Crippen LogP contribution in [0.1, 0.15) is 5.69 Å². The molecule has 0 unspecified atom stereocenters. The SMILES string of the molecule is C=Cc1nc(OC(=O)NC(=O)O)ncc1Cl. The predicted octanol–water partition coefficient (Wildman–Crippen LogP) is 1.54. The van der Waals surface area contributed by atoms with Gasteiger partial charge in [-0.1, -0.05) is 18.2 Å². The minimum atomic E-state index is -1.54. The summed E-state index contributed by atoms with van der Waals surface area (Å²) in [6, 6.07) is -0.321. The van der Waals surface area contributed by atoms with E-state index in [1.54, 1.807) is 0 Å². The second kappa shape index (κ2) is 5.08. The topological polar surface area (TPSA) is 101 Å². The zero-order valence-corrected chi connectivity index (χ0v) is 8.56. The summed E-state index contributed by atoms with van der Waals surface area (Å²) in [4.78, 5) is 28.2. The summed E-state index contributed by atoms with van der Waals surface area (Å²) >= 11 is 5.67. The Bertz CT molecular complexity index is 449. The van der Waals surface area contributed by atoms with Gasteiger partial charge in [-0.3, -0.25) is 0 Å². The van der Waals surface area contributed by atoms with Crippen molar-refractivity contribution in [1.29, 1.82) is 0 Å². The maximum atomic E-state index is 10.9. The molecule has 0 aromatic carbocycles. The molecule has 0 spiro atoms. The fourth-order valence-electron chi connectivity index (χ4n) is 0.751. The van der Waals surface area contributed by atoms with Crippen LogP contribution in [0, 0.1) is 0 Å². The summed E-state index contributed by atoms with van der Waals surface area (Å²) in [6.45, 7) is 3.44. The number of amides is 2. The quantitative estimate of drug-likeness (QED) is 0.817. The molecule has 0 bridgehead atoms. The highest BCUT2D eigenvalue weighted by atomic mass is 35.5. The van der Waals surface area contributed by atoms with Crippen LogP contribution in [-0.4, -0.2) is 27.3 Å². The number of nitrogens with one attached hydrogen (secondary N) is 1. The van der Waals surface area contributed by atoms with Gasteiger partial charge < -0.3 is 9.84 Å². The van der Waals surface area contributed by atoms with Gasteiger partial charge in [-0.15, -0.1) is 0 Å². The number of hydrogen-bond acceptors (Lipinski definition) is 5. The molecule has 0 fully saturated rings. The van der Waals surface area contributed by atoms with Gasteiger partial charge in [-0.25, -0.2) is 19.9 Å². The predicted molar refractivity (Wildman–Crippen MR) is 54.3 cm³/mol. The summed E-state index contributed by atoms with van der Waals surface area (Å²) < 4.78 is 4.46. The average Bonchev–Trinajstić information content (AvgIpc) is 2.19. The molecule has 0 aliphatic rings. The average molecular weight is 244 g/mol. The lowest BCUT2D eigenvalue weighted by molar-refractivity contribution is 0.175.